The number of nitrogens with one attached hydrogen (secondary N) is 1. The number of benzene rings is 1. The Labute approximate surface area is 126 Å². The van der Waals surface area contributed by atoms with E-state index in [9.17, 15) is 9.59 Å². The molecule has 6 heteroatoms. The predicted octanol–water partition coefficient (Wildman–Crippen LogP) is 2.55. The van der Waals surface area contributed by atoms with Gasteiger partial charge in [-0.3, -0.25) is 9.59 Å². The molecule has 1 saturated carbocycles. The Bertz CT molecular complexity index is 610. The summed E-state index contributed by atoms with van der Waals surface area (Å²) in [4.78, 5) is 23.6. The summed E-state index contributed by atoms with van der Waals surface area (Å²) in [6, 6.07) is 6.98. The van der Waals surface area contributed by atoms with E-state index in [1.165, 1.54) is 7.05 Å². The summed E-state index contributed by atoms with van der Waals surface area (Å²) in [6.07, 6.45) is 0.631. The van der Waals surface area contributed by atoms with Gasteiger partial charge >= 0.3 is 0 Å². The first-order chi connectivity index (χ1) is 9.49. The second kappa shape index (κ2) is 5.82. The van der Waals surface area contributed by atoms with Crippen molar-refractivity contribution in [3.05, 3.63) is 33.8 Å². The molecule has 0 aliphatic heterocycles. The van der Waals surface area contributed by atoms with Crippen LogP contribution in [0.1, 0.15) is 17.9 Å². The maximum atomic E-state index is 12.1. The third-order valence-electron chi connectivity index (χ3n) is 3.45. The summed E-state index contributed by atoms with van der Waals surface area (Å²) >= 11 is 11.8. The lowest BCUT2D eigenvalue weighted by Crippen LogP contribution is -2.33. The Hall–Kier alpha value is -1.57. The number of hydrogen-bond acceptors (Lipinski definition) is 3. The monoisotopic (exact) mass is 310 g/mol. The second-order valence-corrected chi connectivity index (χ2v) is 5.52. The van der Waals surface area contributed by atoms with Gasteiger partial charge in [0.2, 0.25) is 5.91 Å². The van der Waals surface area contributed by atoms with Crippen molar-refractivity contribution in [3.8, 4) is 6.07 Å². The number of carbonyl (C=O) groups is 2. The van der Waals surface area contributed by atoms with Gasteiger partial charge < -0.3 is 5.32 Å². The lowest BCUT2D eigenvalue weighted by molar-refractivity contribution is -0.132. The molecular weight excluding hydrogens is 299 g/mol. The molecule has 1 aliphatic carbocycles. The Morgan fingerprint density at radius 1 is 1.40 bits per heavy atom. The van der Waals surface area contributed by atoms with Gasteiger partial charge in [-0.05, 0) is 30.0 Å². The summed E-state index contributed by atoms with van der Waals surface area (Å²) in [6.45, 7) is 0. The van der Waals surface area contributed by atoms with Crippen molar-refractivity contribution >= 4 is 34.9 Å². The third kappa shape index (κ3) is 2.79. The molecule has 0 bridgehead atoms. The number of carbonyl (C=O) groups excluding carboxylic acids is 2. The summed E-state index contributed by atoms with van der Waals surface area (Å²) < 4.78 is 0. The summed E-state index contributed by atoms with van der Waals surface area (Å²) in [7, 11) is 1.41. The normalized spacial score (nSPS) is 21.7. The summed E-state index contributed by atoms with van der Waals surface area (Å²) in [5.74, 6) is -2.41. The van der Waals surface area contributed by atoms with Crippen LogP contribution in [-0.2, 0) is 9.59 Å². The van der Waals surface area contributed by atoms with Crippen LogP contribution in [0.3, 0.4) is 0 Å². The minimum absolute atomic E-state index is 0.0118. The van der Waals surface area contributed by atoms with Crippen molar-refractivity contribution < 1.29 is 9.59 Å². The average Bonchev–Trinajstić information content (AvgIpc) is 3.22. The molecule has 1 aromatic carbocycles. The fraction of sp³-hybridized carbons (Fsp3) is 0.357. The molecule has 0 unspecified atom stereocenters. The highest BCUT2D eigenvalue weighted by atomic mass is 35.5. The molecule has 1 amide bonds. The zero-order chi connectivity index (χ0) is 14.9. The second-order valence-electron chi connectivity index (χ2n) is 4.70. The van der Waals surface area contributed by atoms with E-state index in [0.29, 0.717) is 16.5 Å². The van der Waals surface area contributed by atoms with Crippen molar-refractivity contribution in [2.24, 2.45) is 11.8 Å². The van der Waals surface area contributed by atoms with Gasteiger partial charge in [-0.15, -0.1) is 0 Å². The van der Waals surface area contributed by atoms with Gasteiger partial charge in [0.1, 0.15) is 0 Å². The van der Waals surface area contributed by atoms with Crippen molar-refractivity contribution in [2.45, 2.75) is 12.3 Å². The molecule has 0 saturated heterocycles. The Kier molecular flexibility index (Phi) is 4.32. The first kappa shape index (κ1) is 14.8. The van der Waals surface area contributed by atoms with E-state index in [0.717, 1.165) is 5.56 Å². The zero-order valence-electron chi connectivity index (χ0n) is 10.7. The van der Waals surface area contributed by atoms with Gasteiger partial charge in [0.15, 0.2) is 11.7 Å². The summed E-state index contributed by atoms with van der Waals surface area (Å²) in [5.41, 5.74) is 0.909. The van der Waals surface area contributed by atoms with Crippen LogP contribution < -0.4 is 5.32 Å². The molecule has 20 heavy (non-hydrogen) atoms. The molecule has 2 rings (SSSR count). The van der Waals surface area contributed by atoms with Gasteiger partial charge in [0.25, 0.3) is 0 Å². The van der Waals surface area contributed by atoms with Crippen LogP contribution in [0, 0.1) is 23.2 Å². The number of nitrogens with zero attached hydrogens (tertiary/aromatic N) is 1. The Morgan fingerprint density at radius 2 is 2.10 bits per heavy atom. The van der Waals surface area contributed by atoms with Crippen LogP contribution in [0.15, 0.2) is 18.2 Å². The minimum Gasteiger partial charge on any atom is -0.358 e. The fourth-order valence-electron chi connectivity index (χ4n) is 2.23. The molecule has 3 atom stereocenters. The molecule has 0 heterocycles. The highest BCUT2D eigenvalue weighted by Gasteiger charge is 2.47. The van der Waals surface area contributed by atoms with Gasteiger partial charge in [-0.1, -0.05) is 29.3 Å². The fourth-order valence-corrected chi connectivity index (χ4v) is 2.54. The van der Waals surface area contributed by atoms with Crippen LogP contribution in [0.5, 0.6) is 0 Å². The van der Waals surface area contributed by atoms with Crippen molar-refractivity contribution in [1.29, 1.82) is 5.26 Å². The van der Waals surface area contributed by atoms with E-state index in [2.05, 4.69) is 5.32 Å². The zero-order valence-corrected chi connectivity index (χ0v) is 12.2. The van der Waals surface area contributed by atoms with Crippen LogP contribution in [-0.4, -0.2) is 18.7 Å². The van der Waals surface area contributed by atoms with E-state index in [1.807, 2.05) is 6.07 Å². The van der Waals surface area contributed by atoms with Gasteiger partial charge in [0, 0.05) is 13.0 Å². The highest BCUT2D eigenvalue weighted by molar-refractivity contribution is 6.42. The topological polar surface area (TPSA) is 70.0 Å². The van der Waals surface area contributed by atoms with Gasteiger partial charge in [0.05, 0.1) is 16.1 Å². The van der Waals surface area contributed by atoms with E-state index < -0.39 is 11.8 Å². The number of ketones is 1. The third-order valence-corrected chi connectivity index (χ3v) is 4.19. The van der Waals surface area contributed by atoms with Gasteiger partial charge in [-0.25, -0.2) is 0 Å². The molecule has 0 aromatic heterocycles. The van der Waals surface area contributed by atoms with Crippen LogP contribution in [0.4, 0.5) is 0 Å². The number of amides is 1. The van der Waals surface area contributed by atoms with E-state index in [1.54, 1.807) is 18.2 Å². The molecule has 1 aliphatic rings. The van der Waals surface area contributed by atoms with Crippen LogP contribution in [0.2, 0.25) is 10.0 Å². The van der Waals surface area contributed by atoms with Crippen molar-refractivity contribution in [1.82, 2.24) is 5.32 Å². The number of halogens is 2. The SMILES string of the molecule is CNC(=O)[C@H](C#N)C(=O)[C@@H]1C[C@H]1c1ccc(Cl)c(Cl)c1. The molecule has 0 radical (unpaired) electrons. The maximum Gasteiger partial charge on any atom is 0.244 e. The largest absolute Gasteiger partial charge is 0.358 e. The number of hydrogen-bond donors (Lipinski definition) is 1. The maximum absolute atomic E-state index is 12.1. The molecule has 1 N–H and O–H groups in total. The summed E-state index contributed by atoms with van der Waals surface area (Å²) in [5, 5.41) is 12.2. The minimum atomic E-state index is -1.24. The highest BCUT2D eigenvalue weighted by Crippen LogP contribution is 2.49. The van der Waals surface area contributed by atoms with E-state index in [4.69, 9.17) is 28.5 Å². The Balaban J connectivity index is 2.11. The number of nitriles is 1. The first-order valence-electron chi connectivity index (χ1n) is 6.09. The molecule has 1 aromatic rings. The van der Waals surface area contributed by atoms with Crippen molar-refractivity contribution in [2.75, 3.05) is 7.05 Å². The number of rotatable bonds is 4. The van der Waals surface area contributed by atoms with E-state index in [-0.39, 0.29) is 17.6 Å². The average molecular weight is 311 g/mol. The first-order valence-corrected chi connectivity index (χ1v) is 6.85. The lowest BCUT2D eigenvalue weighted by Gasteiger charge is -2.06. The predicted molar refractivity (Wildman–Crippen MR) is 75.5 cm³/mol. The number of Topliss-reactive ketones (excluding diaryl/α,β-unsaturated/α-hetero) is 1. The lowest BCUT2D eigenvalue weighted by atomic mass is 9.98. The molecule has 4 nitrogen and oxygen atoms in total. The van der Waals surface area contributed by atoms with E-state index >= 15 is 0 Å². The van der Waals surface area contributed by atoms with Gasteiger partial charge in [-0.2, -0.15) is 5.26 Å². The van der Waals surface area contributed by atoms with Crippen LogP contribution >= 0.6 is 23.2 Å². The smallest absolute Gasteiger partial charge is 0.244 e. The molecule has 0 spiro atoms. The molecular formula is C14H12Cl2N2O2. The quantitative estimate of drug-likeness (QED) is 0.869. The molecule has 1 fully saturated rings. The molecule has 104 valence electrons. The van der Waals surface area contributed by atoms with Crippen molar-refractivity contribution in [3.63, 3.8) is 0 Å². The Morgan fingerprint density at radius 3 is 2.65 bits per heavy atom. The van der Waals surface area contributed by atoms with Crippen LogP contribution in [0.25, 0.3) is 0 Å². The standard InChI is InChI=1S/C14H12Cl2N2O2/c1-18-14(20)10(6-17)13(19)9-5-8(9)7-2-3-11(15)12(16)4-7/h2-4,8-10H,5H2,1H3,(H,18,20)/t8-,9+,10+/m0/s1.